The fourth-order valence-corrected chi connectivity index (χ4v) is 2.96. The lowest BCUT2D eigenvalue weighted by molar-refractivity contribution is 0.203. The van der Waals surface area contributed by atoms with Crippen LogP contribution in [0.2, 0.25) is 0 Å². The summed E-state index contributed by atoms with van der Waals surface area (Å²) in [5.41, 5.74) is 1.34. The molecule has 1 aliphatic heterocycles. The highest BCUT2D eigenvalue weighted by molar-refractivity contribution is 5.32. The maximum atomic E-state index is 5.96. The summed E-state index contributed by atoms with van der Waals surface area (Å²) in [5.74, 6) is 1.93. The Hall–Kier alpha value is -2.07. The zero-order valence-corrected chi connectivity index (χ0v) is 14.1. The molecule has 1 aliphatic rings. The van der Waals surface area contributed by atoms with E-state index in [1.54, 1.807) is 6.20 Å². The molecule has 1 aromatic carbocycles. The highest BCUT2D eigenvalue weighted by Crippen LogP contribution is 2.25. The van der Waals surface area contributed by atoms with Crippen LogP contribution in [0.3, 0.4) is 0 Å². The van der Waals surface area contributed by atoms with Crippen molar-refractivity contribution in [2.24, 2.45) is 5.92 Å². The van der Waals surface area contributed by atoms with Crippen molar-refractivity contribution in [2.75, 3.05) is 26.3 Å². The summed E-state index contributed by atoms with van der Waals surface area (Å²) < 4.78 is 11.8. The summed E-state index contributed by atoms with van der Waals surface area (Å²) in [5, 5.41) is 3.42. The number of nitrogens with zero attached hydrogens (tertiary/aromatic N) is 1. The van der Waals surface area contributed by atoms with Gasteiger partial charge in [-0.05, 0) is 49.9 Å². The van der Waals surface area contributed by atoms with E-state index in [0.29, 0.717) is 18.4 Å². The Balaban J connectivity index is 1.44. The minimum absolute atomic E-state index is 0.574. The third kappa shape index (κ3) is 5.24. The Kier molecular flexibility index (Phi) is 6.49. The van der Waals surface area contributed by atoms with Crippen molar-refractivity contribution < 1.29 is 9.47 Å². The zero-order chi connectivity index (χ0) is 16.5. The summed E-state index contributed by atoms with van der Waals surface area (Å²) in [6.07, 6.45) is 6.18. The zero-order valence-electron chi connectivity index (χ0n) is 14.1. The normalized spacial score (nSPS) is 17.4. The fraction of sp³-hybridized carbons (Fsp3) is 0.450. The molecule has 0 aliphatic carbocycles. The van der Waals surface area contributed by atoms with Gasteiger partial charge < -0.3 is 14.8 Å². The van der Waals surface area contributed by atoms with Crippen molar-refractivity contribution in [3.63, 3.8) is 0 Å². The van der Waals surface area contributed by atoms with Crippen LogP contribution in [-0.2, 0) is 6.42 Å². The van der Waals surface area contributed by atoms with Gasteiger partial charge in [0.1, 0.15) is 0 Å². The number of piperidine rings is 1. The summed E-state index contributed by atoms with van der Waals surface area (Å²) in [4.78, 5) is 4.32. The first-order valence-corrected chi connectivity index (χ1v) is 8.87. The van der Waals surface area contributed by atoms with Crippen LogP contribution in [-0.4, -0.2) is 31.3 Å². The van der Waals surface area contributed by atoms with Crippen molar-refractivity contribution in [1.29, 1.82) is 0 Å². The van der Waals surface area contributed by atoms with Gasteiger partial charge in [-0.15, -0.1) is 0 Å². The summed E-state index contributed by atoms with van der Waals surface area (Å²) in [6, 6.07) is 14.3. The van der Waals surface area contributed by atoms with Gasteiger partial charge in [0.25, 0.3) is 5.88 Å². The minimum Gasteiger partial charge on any atom is -0.488 e. The average molecular weight is 326 g/mol. The molecule has 0 bridgehead atoms. The second-order valence-electron chi connectivity index (χ2n) is 6.27. The third-order valence-electron chi connectivity index (χ3n) is 4.30. The van der Waals surface area contributed by atoms with E-state index >= 15 is 0 Å². The molecule has 2 heterocycles. The first-order chi connectivity index (χ1) is 11.9. The van der Waals surface area contributed by atoms with Crippen LogP contribution in [0.4, 0.5) is 0 Å². The van der Waals surface area contributed by atoms with Crippen LogP contribution in [0.5, 0.6) is 11.6 Å². The number of nitrogens with one attached hydrogen (secondary N) is 1. The number of pyridine rings is 1. The van der Waals surface area contributed by atoms with Crippen LogP contribution in [0.15, 0.2) is 48.7 Å². The summed E-state index contributed by atoms with van der Waals surface area (Å²) in [6.45, 7) is 3.53. The molecule has 0 spiro atoms. The molecule has 24 heavy (non-hydrogen) atoms. The van der Waals surface area contributed by atoms with Gasteiger partial charge in [0, 0.05) is 18.7 Å². The van der Waals surface area contributed by atoms with Crippen LogP contribution in [0.1, 0.15) is 24.8 Å². The molecule has 0 radical (unpaired) electrons. The van der Waals surface area contributed by atoms with Gasteiger partial charge in [0.05, 0.1) is 13.2 Å². The number of benzene rings is 1. The van der Waals surface area contributed by atoms with E-state index in [1.807, 2.05) is 18.2 Å². The molecule has 1 atom stereocenters. The minimum atomic E-state index is 0.574. The van der Waals surface area contributed by atoms with Crippen molar-refractivity contribution in [3.8, 4) is 11.6 Å². The Labute approximate surface area is 144 Å². The Morgan fingerprint density at radius 1 is 1.08 bits per heavy atom. The second kappa shape index (κ2) is 9.28. The van der Waals surface area contributed by atoms with Crippen LogP contribution >= 0.6 is 0 Å². The van der Waals surface area contributed by atoms with Crippen LogP contribution in [0, 0.1) is 5.92 Å². The molecule has 1 fully saturated rings. The first-order valence-electron chi connectivity index (χ1n) is 8.87. The standard InChI is InChI=1S/C20H26N2O2/c1-2-7-17(8-3-1)10-6-14-23-20-19(11-5-13-22-20)24-16-18-9-4-12-21-15-18/h1-3,5,7-8,11,13,18,21H,4,6,9-10,12,14-16H2/t18-/m0/s1. The molecular weight excluding hydrogens is 300 g/mol. The highest BCUT2D eigenvalue weighted by Gasteiger charge is 2.15. The van der Waals surface area contributed by atoms with E-state index in [2.05, 4.69) is 34.6 Å². The number of hydrogen-bond donors (Lipinski definition) is 1. The second-order valence-corrected chi connectivity index (χ2v) is 6.27. The average Bonchev–Trinajstić information content (AvgIpc) is 2.66. The quantitative estimate of drug-likeness (QED) is 0.754. The predicted octanol–water partition coefficient (Wildman–Crippen LogP) is 3.47. The van der Waals surface area contributed by atoms with Crippen LogP contribution in [0.25, 0.3) is 0 Å². The van der Waals surface area contributed by atoms with Crippen LogP contribution < -0.4 is 14.8 Å². The Bertz CT molecular complexity index is 598. The maximum Gasteiger partial charge on any atom is 0.256 e. The van der Waals surface area contributed by atoms with E-state index in [0.717, 1.165) is 38.3 Å². The molecule has 0 amide bonds. The number of hydrogen-bond acceptors (Lipinski definition) is 4. The molecule has 4 heteroatoms. The van der Waals surface area contributed by atoms with Crippen molar-refractivity contribution >= 4 is 0 Å². The maximum absolute atomic E-state index is 5.96. The third-order valence-corrected chi connectivity index (χ3v) is 4.30. The largest absolute Gasteiger partial charge is 0.488 e. The van der Waals surface area contributed by atoms with Gasteiger partial charge in [-0.2, -0.15) is 0 Å². The van der Waals surface area contributed by atoms with Crippen molar-refractivity contribution in [1.82, 2.24) is 10.3 Å². The molecular formula is C20H26N2O2. The predicted molar refractivity (Wildman–Crippen MR) is 95.6 cm³/mol. The topological polar surface area (TPSA) is 43.4 Å². The van der Waals surface area contributed by atoms with Gasteiger partial charge in [-0.1, -0.05) is 30.3 Å². The monoisotopic (exact) mass is 326 g/mol. The molecule has 128 valence electrons. The van der Waals surface area contributed by atoms with Crippen molar-refractivity contribution in [2.45, 2.75) is 25.7 Å². The molecule has 0 saturated carbocycles. The smallest absolute Gasteiger partial charge is 0.256 e. The molecule has 2 aromatic rings. The molecule has 1 N–H and O–H groups in total. The lowest BCUT2D eigenvalue weighted by atomic mass is 10.0. The van der Waals surface area contributed by atoms with Crippen molar-refractivity contribution in [3.05, 3.63) is 54.2 Å². The first kappa shape index (κ1) is 16.8. The van der Waals surface area contributed by atoms with E-state index in [9.17, 15) is 0 Å². The lowest BCUT2D eigenvalue weighted by Gasteiger charge is -2.23. The molecule has 3 rings (SSSR count). The van der Waals surface area contributed by atoms with Gasteiger partial charge in [-0.25, -0.2) is 4.98 Å². The number of ether oxygens (including phenoxy) is 2. The van der Waals surface area contributed by atoms with E-state index in [-0.39, 0.29) is 0 Å². The fourth-order valence-electron chi connectivity index (χ4n) is 2.96. The Morgan fingerprint density at radius 2 is 2.00 bits per heavy atom. The number of rotatable bonds is 8. The van der Waals surface area contributed by atoms with E-state index < -0.39 is 0 Å². The SMILES string of the molecule is c1ccc(CCCOc2ncccc2OC[C@H]2CCCNC2)cc1. The van der Waals surface area contributed by atoms with E-state index in [4.69, 9.17) is 9.47 Å². The number of aromatic nitrogens is 1. The highest BCUT2D eigenvalue weighted by atomic mass is 16.5. The van der Waals surface area contributed by atoms with Gasteiger partial charge in [0.2, 0.25) is 0 Å². The van der Waals surface area contributed by atoms with Gasteiger partial charge in [0.15, 0.2) is 5.75 Å². The summed E-state index contributed by atoms with van der Waals surface area (Å²) in [7, 11) is 0. The molecule has 1 aromatic heterocycles. The molecule has 1 saturated heterocycles. The van der Waals surface area contributed by atoms with E-state index in [1.165, 1.54) is 18.4 Å². The van der Waals surface area contributed by atoms with Gasteiger partial charge in [-0.3, -0.25) is 0 Å². The molecule has 0 unspecified atom stereocenters. The summed E-state index contributed by atoms with van der Waals surface area (Å²) >= 11 is 0. The van der Waals surface area contributed by atoms with Gasteiger partial charge >= 0.3 is 0 Å². The number of aryl methyl sites for hydroxylation is 1. The lowest BCUT2D eigenvalue weighted by Crippen LogP contribution is -2.33. The molecule has 4 nitrogen and oxygen atoms in total. The Morgan fingerprint density at radius 3 is 2.83 bits per heavy atom.